The summed E-state index contributed by atoms with van der Waals surface area (Å²) in [6.45, 7) is 2.85. The molecule has 1 fully saturated rings. The van der Waals surface area contributed by atoms with Crippen LogP contribution in [0.3, 0.4) is 0 Å². The van der Waals surface area contributed by atoms with Crippen LogP contribution in [0.15, 0.2) is 78.9 Å². The Bertz CT molecular complexity index is 1210. The van der Waals surface area contributed by atoms with Crippen molar-refractivity contribution in [1.82, 2.24) is 15.1 Å². The molecule has 31 heavy (non-hydrogen) atoms. The van der Waals surface area contributed by atoms with Crippen molar-refractivity contribution < 1.29 is 4.79 Å². The number of aromatic nitrogens is 2. The topological polar surface area (TPSA) is 49.3 Å². The number of halogens is 1. The highest BCUT2D eigenvalue weighted by molar-refractivity contribution is 14.1. The van der Waals surface area contributed by atoms with Crippen molar-refractivity contribution in [3.05, 3.63) is 88.0 Å². The van der Waals surface area contributed by atoms with Crippen molar-refractivity contribution in [2.24, 2.45) is 0 Å². The first kappa shape index (κ1) is 19.9. The van der Waals surface area contributed by atoms with Crippen LogP contribution in [0.4, 0.5) is 5.82 Å². The molecule has 0 aliphatic carbocycles. The van der Waals surface area contributed by atoms with Gasteiger partial charge in [0.1, 0.15) is 0 Å². The van der Waals surface area contributed by atoms with Crippen molar-refractivity contribution in [2.45, 2.75) is 0 Å². The van der Waals surface area contributed by atoms with E-state index in [1.807, 2.05) is 53.4 Å². The fourth-order valence-electron chi connectivity index (χ4n) is 4.00. The third-order valence-electron chi connectivity index (χ3n) is 5.70. The lowest BCUT2D eigenvalue weighted by molar-refractivity contribution is 0.0746. The number of hydrogen-bond acceptors (Lipinski definition) is 4. The highest BCUT2D eigenvalue weighted by Gasteiger charge is 2.23. The standard InChI is InChI=1S/C25H21IN4O/c26-20-10-8-19(9-11-20)25(31)30-16-14-29(15-17-30)24-13-12-23(27-28-24)22-7-3-5-18-4-1-2-6-21(18)22/h1-13H,14-17H2. The number of benzene rings is 3. The molecule has 0 bridgehead atoms. The Morgan fingerprint density at radius 1 is 0.774 bits per heavy atom. The molecule has 6 heteroatoms. The summed E-state index contributed by atoms with van der Waals surface area (Å²) < 4.78 is 1.13. The summed E-state index contributed by atoms with van der Waals surface area (Å²) in [6, 6.07) is 26.4. The summed E-state index contributed by atoms with van der Waals surface area (Å²) in [6.07, 6.45) is 0. The number of carbonyl (C=O) groups excluding carboxylic acids is 1. The second-order valence-electron chi connectivity index (χ2n) is 7.59. The third kappa shape index (κ3) is 4.12. The van der Waals surface area contributed by atoms with Crippen molar-refractivity contribution in [1.29, 1.82) is 0 Å². The lowest BCUT2D eigenvalue weighted by Crippen LogP contribution is -2.49. The minimum atomic E-state index is 0.0911. The molecule has 154 valence electrons. The van der Waals surface area contributed by atoms with Crippen molar-refractivity contribution >= 4 is 45.1 Å². The Hall–Kier alpha value is -3.00. The van der Waals surface area contributed by atoms with Crippen molar-refractivity contribution in [2.75, 3.05) is 31.1 Å². The van der Waals surface area contributed by atoms with E-state index in [4.69, 9.17) is 0 Å². The monoisotopic (exact) mass is 520 g/mol. The Kier molecular flexibility index (Phi) is 5.55. The van der Waals surface area contributed by atoms with E-state index < -0.39 is 0 Å². The van der Waals surface area contributed by atoms with Crippen molar-refractivity contribution in [3.63, 3.8) is 0 Å². The predicted molar refractivity (Wildman–Crippen MR) is 132 cm³/mol. The van der Waals surface area contributed by atoms with Gasteiger partial charge in [0.2, 0.25) is 0 Å². The Morgan fingerprint density at radius 2 is 1.52 bits per heavy atom. The van der Waals surface area contributed by atoms with E-state index in [1.165, 1.54) is 10.8 Å². The van der Waals surface area contributed by atoms with E-state index in [0.717, 1.165) is 39.3 Å². The van der Waals surface area contributed by atoms with E-state index in [9.17, 15) is 4.79 Å². The maximum atomic E-state index is 12.7. The molecule has 5 nitrogen and oxygen atoms in total. The zero-order valence-corrected chi connectivity index (χ0v) is 19.1. The van der Waals surface area contributed by atoms with E-state index in [-0.39, 0.29) is 5.91 Å². The molecule has 1 saturated heterocycles. The molecular formula is C25H21IN4O. The van der Waals surface area contributed by atoms with Gasteiger partial charge in [0, 0.05) is 40.9 Å². The lowest BCUT2D eigenvalue weighted by atomic mass is 10.0. The second-order valence-corrected chi connectivity index (χ2v) is 8.84. The molecule has 1 aromatic heterocycles. The van der Waals surface area contributed by atoms with Gasteiger partial charge in [0.25, 0.3) is 5.91 Å². The Morgan fingerprint density at radius 3 is 2.26 bits per heavy atom. The number of piperazine rings is 1. The van der Waals surface area contributed by atoms with E-state index in [1.54, 1.807) is 0 Å². The molecule has 0 atom stereocenters. The summed E-state index contributed by atoms with van der Waals surface area (Å²) in [7, 11) is 0. The maximum absolute atomic E-state index is 12.7. The fraction of sp³-hybridized carbons (Fsp3) is 0.160. The summed E-state index contributed by atoms with van der Waals surface area (Å²) in [5.74, 6) is 0.943. The average Bonchev–Trinajstić information content (AvgIpc) is 2.84. The van der Waals surface area contributed by atoms with Crippen LogP contribution in [0.1, 0.15) is 10.4 Å². The molecule has 2 heterocycles. The highest BCUT2D eigenvalue weighted by Crippen LogP contribution is 2.27. The number of hydrogen-bond donors (Lipinski definition) is 0. The molecule has 0 unspecified atom stereocenters. The minimum absolute atomic E-state index is 0.0911. The van der Waals surface area contributed by atoms with Gasteiger partial charge in [-0.25, -0.2) is 0 Å². The normalized spacial score (nSPS) is 14.1. The first-order valence-electron chi connectivity index (χ1n) is 10.3. The smallest absolute Gasteiger partial charge is 0.253 e. The number of anilines is 1. The molecular weight excluding hydrogens is 499 g/mol. The Labute approximate surface area is 194 Å². The zero-order chi connectivity index (χ0) is 21.2. The number of fused-ring (bicyclic) bond motifs is 1. The van der Waals surface area contributed by atoms with Crippen LogP contribution in [0.2, 0.25) is 0 Å². The van der Waals surface area contributed by atoms with Crippen LogP contribution < -0.4 is 4.90 Å². The number of carbonyl (C=O) groups is 1. The SMILES string of the molecule is O=C(c1ccc(I)cc1)N1CCN(c2ccc(-c3cccc4ccccc34)nn2)CC1. The van der Waals surface area contributed by atoms with Gasteiger partial charge in [-0.3, -0.25) is 4.79 Å². The van der Waals surface area contributed by atoms with Gasteiger partial charge < -0.3 is 9.80 Å². The number of nitrogens with zero attached hydrogens (tertiary/aromatic N) is 4. The average molecular weight is 520 g/mol. The molecule has 5 rings (SSSR count). The van der Waals surface area contributed by atoms with Crippen molar-refractivity contribution in [3.8, 4) is 11.3 Å². The van der Waals surface area contributed by atoms with Gasteiger partial charge in [-0.05, 0) is 69.8 Å². The first-order valence-corrected chi connectivity index (χ1v) is 11.4. The molecule has 0 spiro atoms. The van der Waals surface area contributed by atoms with Crippen LogP contribution in [-0.2, 0) is 0 Å². The van der Waals surface area contributed by atoms with Gasteiger partial charge in [-0.15, -0.1) is 10.2 Å². The van der Waals surface area contributed by atoms with Crippen LogP contribution in [0, 0.1) is 3.57 Å². The van der Waals surface area contributed by atoms with E-state index >= 15 is 0 Å². The van der Waals surface area contributed by atoms with Crippen LogP contribution >= 0.6 is 22.6 Å². The fourth-order valence-corrected chi connectivity index (χ4v) is 4.36. The molecule has 0 saturated carbocycles. The first-order chi connectivity index (χ1) is 15.2. The highest BCUT2D eigenvalue weighted by atomic mass is 127. The molecule has 0 radical (unpaired) electrons. The number of rotatable bonds is 3. The van der Waals surface area contributed by atoms with Gasteiger partial charge >= 0.3 is 0 Å². The van der Waals surface area contributed by atoms with Gasteiger partial charge in [-0.1, -0.05) is 42.5 Å². The van der Waals surface area contributed by atoms with E-state index in [2.05, 4.69) is 68.0 Å². The molecule has 3 aromatic carbocycles. The van der Waals surface area contributed by atoms with Gasteiger partial charge in [0.15, 0.2) is 5.82 Å². The number of amides is 1. The molecule has 0 N–H and O–H groups in total. The summed E-state index contributed by atoms with van der Waals surface area (Å²) in [5, 5.41) is 11.4. The second kappa shape index (κ2) is 8.63. The van der Waals surface area contributed by atoms with Gasteiger partial charge in [-0.2, -0.15) is 0 Å². The zero-order valence-electron chi connectivity index (χ0n) is 16.9. The van der Waals surface area contributed by atoms with E-state index in [0.29, 0.717) is 13.1 Å². The van der Waals surface area contributed by atoms with Crippen LogP contribution in [-0.4, -0.2) is 47.2 Å². The third-order valence-corrected chi connectivity index (χ3v) is 6.42. The van der Waals surface area contributed by atoms with Crippen LogP contribution in [0.5, 0.6) is 0 Å². The molecule has 1 aliphatic heterocycles. The van der Waals surface area contributed by atoms with Gasteiger partial charge in [0.05, 0.1) is 5.69 Å². The molecule has 1 amide bonds. The Balaban J connectivity index is 1.28. The maximum Gasteiger partial charge on any atom is 0.253 e. The lowest BCUT2D eigenvalue weighted by Gasteiger charge is -2.35. The summed E-state index contributed by atoms with van der Waals surface area (Å²) in [4.78, 5) is 16.8. The van der Waals surface area contributed by atoms with Crippen LogP contribution in [0.25, 0.3) is 22.0 Å². The molecule has 1 aliphatic rings. The quantitative estimate of drug-likeness (QED) is 0.362. The summed E-state index contributed by atoms with van der Waals surface area (Å²) >= 11 is 2.25. The molecule has 4 aromatic rings. The summed E-state index contributed by atoms with van der Waals surface area (Å²) in [5.41, 5.74) is 2.70. The predicted octanol–water partition coefficient (Wildman–Crippen LogP) is 4.86. The largest absolute Gasteiger partial charge is 0.352 e. The minimum Gasteiger partial charge on any atom is -0.352 e.